The number of unbranched alkanes of at least 4 members (excludes halogenated alkanes) is 15. The second kappa shape index (κ2) is 25.8. The first-order valence-corrected chi connectivity index (χ1v) is 14.6. The van der Waals surface area contributed by atoms with Gasteiger partial charge in [0.2, 0.25) is 0 Å². The lowest BCUT2D eigenvalue weighted by Crippen LogP contribution is -2.27. The van der Waals surface area contributed by atoms with Crippen molar-refractivity contribution in [3.05, 3.63) is 12.2 Å². The Kier molecular flexibility index (Phi) is 25.1. The molecule has 0 radical (unpaired) electrons. The molecule has 196 valence electrons. The Balaban J connectivity index is 3.44. The van der Waals surface area contributed by atoms with E-state index < -0.39 is 0 Å². The topological polar surface area (TPSA) is 29.5 Å². The van der Waals surface area contributed by atoms with Gasteiger partial charge in [-0.05, 0) is 59.5 Å². The zero-order valence-electron chi connectivity index (χ0n) is 23.1. The van der Waals surface area contributed by atoms with E-state index in [1.807, 2.05) is 6.92 Å². The van der Waals surface area contributed by atoms with Gasteiger partial charge in [0.15, 0.2) is 0 Å². The summed E-state index contributed by atoms with van der Waals surface area (Å²) >= 11 is 0. The molecule has 0 heterocycles. The van der Waals surface area contributed by atoms with Gasteiger partial charge in [-0.15, -0.1) is 0 Å². The first kappa shape index (κ1) is 32.2. The fourth-order valence-electron chi connectivity index (χ4n) is 4.53. The molecule has 0 rings (SSSR count). The maximum atomic E-state index is 11.3. The van der Waals surface area contributed by atoms with Crippen LogP contribution in [0.15, 0.2) is 12.2 Å². The van der Waals surface area contributed by atoms with Gasteiger partial charge in [-0.2, -0.15) is 0 Å². The molecule has 0 aliphatic heterocycles. The quantitative estimate of drug-likeness (QED) is 0.0764. The third kappa shape index (κ3) is 24.1. The molecule has 0 aromatic heterocycles. The van der Waals surface area contributed by atoms with Gasteiger partial charge in [-0.3, -0.25) is 4.79 Å². The molecular formula is C30H59NO2. The smallest absolute Gasteiger partial charge is 0.305 e. The zero-order valence-corrected chi connectivity index (χ0v) is 23.1. The van der Waals surface area contributed by atoms with Gasteiger partial charge in [-0.1, -0.05) is 109 Å². The minimum absolute atomic E-state index is 0.0630. The van der Waals surface area contributed by atoms with Gasteiger partial charge in [0, 0.05) is 12.5 Å². The summed E-state index contributed by atoms with van der Waals surface area (Å²) in [4.78, 5) is 13.7. The molecule has 0 aliphatic rings. The van der Waals surface area contributed by atoms with Crippen molar-refractivity contribution in [2.45, 2.75) is 155 Å². The first-order chi connectivity index (χ1) is 16.1. The number of ether oxygens (including phenoxy) is 1. The number of hydrogen-bond acceptors (Lipinski definition) is 3. The van der Waals surface area contributed by atoms with Crippen LogP contribution in [0.25, 0.3) is 0 Å². The maximum absolute atomic E-state index is 11.3. The minimum atomic E-state index is -0.0630. The van der Waals surface area contributed by atoms with Gasteiger partial charge < -0.3 is 9.64 Å². The van der Waals surface area contributed by atoms with Gasteiger partial charge in [0.05, 0.1) is 6.61 Å². The SMILES string of the molecule is CCCCCCCCCC(CCCCCCCCCC/C=C\CCCC(=O)OCC)N(C)C. The Morgan fingerprint density at radius 2 is 1.12 bits per heavy atom. The highest BCUT2D eigenvalue weighted by atomic mass is 16.5. The Labute approximate surface area is 208 Å². The summed E-state index contributed by atoms with van der Waals surface area (Å²) in [6, 6.07) is 0.791. The summed E-state index contributed by atoms with van der Waals surface area (Å²) in [5.41, 5.74) is 0. The van der Waals surface area contributed by atoms with Crippen LogP contribution in [0.2, 0.25) is 0 Å². The second-order valence-electron chi connectivity index (χ2n) is 10.1. The Bertz CT molecular complexity index is 433. The molecule has 1 unspecified atom stereocenters. The molecule has 0 aromatic carbocycles. The molecule has 0 N–H and O–H groups in total. The molecule has 0 spiro atoms. The van der Waals surface area contributed by atoms with Crippen LogP contribution >= 0.6 is 0 Å². The number of nitrogens with zero attached hydrogens (tertiary/aromatic N) is 1. The van der Waals surface area contributed by atoms with Crippen LogP contribution in [-0.2, 0) is 9.53 Å². The van der Waals surface area contributed by atoms with Gasteiger partial charge in [0.25, 0.3) is 0 Å². The summed E-state index contributed by atoms with van der Waals surface area (Å²) in [6.45, 7) is 4.64. The van der Waals surface area contributed by atoms with E-state index in [2.05, 4.69) is 38.1 Å². The standard InChI is InChI=1S/C30H59NO2/c1-5-7-8-9-17-20-23-26-29(31(3)4)27-24-21-18-15-13-11-10-12-14-16-19-22-25-28-30(32)33-6-2/h16,19,29H,5-15,17-18,20-28H2,1-4H3/b19-16-. The van der Waals surface area contributed by atoms with Crippen LogP contribution in [0.5, 0.6) is 0 Å². The maximum Gasteiger partial charge on any atom is 0.305 e. The number of allylic oxidation sites excluding steroid dienone is 2. The van der Waals surface area contributed by atoms with E-state index in [4.69, 9.17) is 4.74 Å². The van der Waals surface area contributed by atoms with Crippen molar-refractivity contribution >= 4 is 5.97 Å². The molecule has 0 bridgehead atoms. The number of rotatable bonds is 25. The molecule has 0 saturated heterocycles. The van der Waals surface area contributed by atoms with E-state index in [-0.39, 0.29) is 5.97 Å². The summed E-state index contributed by atoms with van der Waals surface area (Å²) in [7, 11) is 4.54. The van der Waals surface area contributed by atoms with Gasteiger partial charge in [-0.25, -0.2) is 0 Å². The average molecular weight is 466 g/mol. The van der Waals surface area contributed by atoms with E-state index >= 15 is 0 Å². The highest BCUT2D eigenvalue weighted by molar-refractivity contribution is 5.69. The Morgan fingerprint density at radius 1 is 0.667 bits per heavy atom. The normalized spacial score (nSPS) is 12.6. The van der Waals surface area contributed by atoms with E-state index in [0.29, 0.717) is 13.0 Å². The lowest BCUT2D eigenvalue weighted by molar-refractivity contribution is -0.143. The minimum Gasteiger partial charge on any atom is -0.466 e. The molecule has 1 atom stereocenters. The molecule has 0 fully saturated rings. The van der Waals surface area contributed by atoms with Crippen molar-refractivity contribution in [3.63, 3.8) is 0 Å². The van der Waals surface area contributed by atoms with Gasteiger partial charge in [0.1, 0.15) is 0 Å². The Morgan fingerprint density at radius 3 is 1.61 bits per heavy atom. The van der Waals surface area contributed by atoms with E-state index in [1.165, 1.54) is 116 Å². The van der Waals surface area contributed by atoms with Crippen LogP contribution in [0.1, 0.15) is 149 Å². The third-order valence-electron chi connectivity index (χ3n) is 6.75. The van der Waals surface area contributed by atoms with Gasteiger partial charge >= 0.3 is 5.97 Å². The van der Waals surface area contributed by atoms with Crippen molar-refractivity contribution in [1.82, 2.24) is 4.90 Å². The molecular weight excluding hydrogens is 406 g/mol. The predicted molar refractivity (Wildman–Crippen MR) is 146 cm³/mol. The molecule has 33 heavy (non-hydrogen) atoms. The number of carbonyl (C=O) groups is 1. The van der Waals surface area contributed by atoms with Crippen molar-refractivity contribution < 1.29 is 9.53 Å². The van der Waals surface area contributed by atoms with Crippen LogP contribution in [0.4, 0.5) is 0 Å². The highest BCUT2D eigenvalue weighted by Gasteiger charge is 2.10. The summed E-state index contributed by atoms with van der Waals surface area (Å²) in [6.07, 6.45) is 31.9. The molecule has 3 heteroatoms. The summed E-state index contributed by atoms with van der Waals surface area (Å²) in [5, 5.41) is 0. The lowest BCUT2D eigenvalue weighted by Gasteiger charge is -2.24. The third-order valence-corrected chi connectivity index (χ3v) is 6.75. The van der Waals surface area contributed by atoms with Crippen LogP contribution in [0, 0.1) is 0 Å². The molecule has 3 nitrogen and oxygen atoms in total. The van der Waals surface area contributed by atoms with Crippen molar-refractivity contribution in [2.24, 2.45) is 0 Å². The van der Waals surface area contributed by atoms with Crippen molar-refractivity contribution in [1.29, 1.82) is 0 Å². The molecule has 0 saturated carbocycles. The second-order valence-corrected chi connectivity index (χ2v) is 10.1. The van der Waals surface area contributed by atoms with Crippen molar-refractivity contribution in [2.75, 3.05) is 20.7 Å². The van der Waals surface area contributed by atoms with Crippen LogP contribution in [-0.4, -0.2) is 37.6 Å². The first-order valence-electron chi connectivity index (χ1n) is 14.6. The highest BCUT2D eigenvalue weighted by Crippen LogP contribution is 2.17. The fraction of sp³-hybridized carbons (Fsp3) is 0.900. The average Bonchev–Trinajstić information content (AvgIpc) is 2.79. The summed E-state index contributed by atoms with van der Waals surface area (Å²) < 4.78 is 4.94. The number of esters is 1. The monoisotopic (exact) mass is 465 g/mol. The number of carbonyl (C=O) groups excluding carboxylic acids is 1. The molecule has 0 aromatic rings. The fourth-order valence-corrected chi connectivity index (χ4v) is 4.53. The van der Waals surface area contributed by atoms with E-state index in [9.17, 15) is 4.79 Å². The largest absolute Gasteiger partial charge is 0.466 e. The Hall–Kier alpha value is -0.830. The van der Waals surface area contributed by atoms with Crippen molar-refractivity contribution in [3.8, 4) is 0 Å². The predicted octanol–water partition coefficient (Wildman–Crippen LogP) is 9.25. The van der Waals surface area contributed by atoms with Crippen LogP contribution in [0.3, 0.4) is 0 Å². The van der Waals surface area contributed by atoms with E-state index in [0.717, 1.165) is 18.9 Å². The zero-order chi connectivity index (χ0) is 24.4. The summed E-state index contributed by atoms with van der Waals surface area (Å²) in [5.74, 6) is -0.0630. The molecule has 0 aliphatic carbocycles. The number of hydrogen-bond donors (Lipinski definition) is 0. The van der Waals surface area contributed by atoms with E-state index in [1.54, 1.807) is 0 Å². The lowest BCUT2D eigenvalue weighted by atomic mass is 9.99. The molecule has 0 amide bonds. The van der Waals surface area contributed by atoms with Crippen LogP contribution < -0.4 is 0 Å².